The molecule has 28 heavy (non-hydrogen) atoms. The summed E-state index contributed by atoms with van der Waals surface area (Å²) in [5.74, 6) is -1.87. The van der Waals surface area contributed by atoms with E-state index in [0.717, 1.165) is 0 Å². The Morgan fingerprint density at radius 3 is 2.14 bits per heavy atom. The number of hydrogen-bond donors (Lipinski definition) is 2. The van der Waals surface area contributed by atoms with Crippen LogP contribution in [0.15, 0.2) is 0 Å². The smallest absolute Gasteiger partial charge is 0.340 e. The fraction of sp³-hybridized carbons (Fsp3) is 0.400. The number of halogens is 3. The zero-order valence-electron chi connectivity index (χ0n) is 15.0. The van der Waals surface area contributed by atoms with Gasteiger partial charge in [-0.15, -0.1) is 0 Å². The van der Waals surface area contributed by atoms with Crippen molar-refractivity contribution in [1.82, 2.24) is 0 Å². The van der Waals surface area contributed by atoms with Gasteiger partial charge in [-0.05, 0) is 74.2 Å². The summed E-state index contributed by atoms with van der Waals surface area (Å²) in [5.41, 5.74) is 0.977. The molecule has 0 radical (unpaired) electrons. The Balaban J connectivity index is 3.39. The van der Waals surface area contributed by atoms with Crippen molar-refractivity contribution in [2.45, 2.75) is 20.3 Å². The lowest BCUT2D eigenvalue weighted by Crippen LogP contribution is -2.27. The second-order valence-electron chi connectivity index (χ2n) is 5.58. The lowest BCUT2D eigenvalue weighted by molar-refractivity contribution is -0.116. The Kier molecular flexibility index (Phi) is 9.82. The number of rotatable bonds is 7. The number of amides is 2. The minimum absolute atomic E-state index is 0.0686. The summed E-state index contributed by atoms with van der Waals surface area (Å²) < 4.78 is 36.9. The van der Waals surface area contributed by atoms with E-state index in [1.165, 1.54) is 18.7 Å². The SMILES string of the molecule is CC(=O)Nc1c(I)c(C(=O)OCCCS(=O)(=O)O)c(I)c(N(C)C(C)=O)c1I. The van der Waals surface area contributed by atoms with Crippen LogP contribution in [-0.2, 0) is 24.4 Å². The van der Waals surface area contributed by atoms with E-state index in [9.17, 15) is 22.8 Å². The van der Waals surface area contributed by atoms with E-state index in [1.807, 2.05) is 67.8 Å². The Labute approximate surface area is 203 Å². The molecule has 9 nitrogen and oxygen atoms in total. The molecular weight excluding hydrogens is 733 g/mol. The highest BCUT2D eigenvalue weighted by molar-refractivity contribution is 14.1. The van der Waals surface area contributed by atoms with Crippen molar-refractivity contribution in [3.05, 3.63) is 16.3 Å². The van der Waals surface area contributed by atoms with E-state index in [0.29, 0.717) is 22.1 Å². The number of ether oxygens (including phenoxy) is 1. The molecule has 1 aromatic rings. The lowest BCUT2D eigenvalue weighted by Gasteiger charge is -2.24. The zero-order chi connectivity index (χ0) is 21.8. The highest BCUT2D eigenvalue weighted by atomic mass is 127. The van der Waals surface area contributed by atoms with Crippen LogP contribution in [-0.4, -0.2) is 50.2 Å². The van der Waals surface area contributed by atoms with Crippen molar-refractivity contribution in [2.75, 3.05) is 29.6 Å². The van der Waals surface area contributed by atoms with Crippen molar-refractivity contribution in [2.24, 2.45) is 0 Å². The van der Waals surface area contributed by atoms with Gasteiger partial charge in [0.1, 0.15) is 0 Å². The van der Waals surface area contributed by atoms with Crippen molar-refractivity contribution >= 4 is 107 Å². The molecule has 0 aromatic heterocycles. The standard InChI is InChI=1S/C15H17I3N2O7S/c1-7(21)19-13-10(16)9(15(23)27-5-4-6-28(24,25)26)11(17)14(12(13)18)20(3)8(2)22/h4-6H2,1-3H3,(H,19,21)(H,24,25,26). The average Bonchev–Trinajstić information content (AvgIpc) is 2.54. The fourth-order valence-corrected chi connectivity index (χ4v) is 7.13. The van der Waals surface area contributed by atoms with Gasteiger partial charge in [-0.2, -0.15) is 8.42 Å². The molecular formula is C15H17I3N2O7S. The third-order valence-corrected chi connectivity index (χ3v) is 7.37. The van der Waals surface area contributed by atoms with Crippen LogP contribution in [0.1, 0.15) is 30.6 Å². The van der Waals surface area contributed by atoms with Gasteiger partial charge in [-0.25, -0.2) is 4.79 Å². The van der Waals surface area contributed by atoms with Crippen LogP contribution in [0.5, 0.6) is 0 Å². The third-order valence-electron chi connectivity index (χ3n) is 3.39. The van der Waals surface area contributed by atoms with Crippen LogP contribution in [0.25, 0.3) is 0 Å². The molecule has 0 fully saturated rings. The summed E-state index contributed by atoms with van der Waals surface area (Å²) in [7, 11) is -2.59. The first-order valence-corrected chi connectivity index (χ1v) is 12.5. The van der Waals surface area contributed by atoms with Gasteiger partial charge in [-0.3, -0.25) is 14.1 Å². The molecule has 0 aliphatic carbocycles. The maximum absolute atomic E-state index is 12.6. The zero-order valence-corrected chi connectivity index (χ0v) is 22.3. The average molecular weight is 750 g/mol. The Morgan fingerprint density at radius 1 is 1.11 bits per heavy atom. The van der Waals surface area contributed by atoms with E-state index >= 15 is 0 Å². The number of nitrogens with one attached hydrogen (secondary N) is 1. The van der Waals surface area contributed by atoms with Gasteiger partial charge >= 0.3 is 5.97 Å². The summed E-state index contributed by atoms with van der Waals surface area (Å²) >= 11 is 5.83. The van der Waals surface area contributed by atoms with E-state index < -0.39 is 21.8 Å². The Morgan fingerprint density at radius 2 is 1.68 bits per heavy atom. The fourth-order valence-electron chi connectivity index (χ4n) is 2.05. The van der Waals surface area contributed by atoms with Gasteiger partial charge in [0.05, 0.1) is 40.0 Å². The van der Waals surface area contributed by atoms with E-state index in [1.54, 1.807) is 7.05 Å². The largest absolute Gasteiger partial charge is 0.462 e. The molecule has 156 valence electrons. The molecule has 2 N–H and O–H groups in total. The number of esters is 1. The lowest BCUT2D eigenvalue weighted by atomic mass is 10.1. The first-order valence-electron chi connectivity index (χ1n) is 7.62. The maximum Gasteiger partial charge on any atom is 0.340 e. The predicted molar refractivity (Wildman–Crippen MR) is 129 cm³/mol. The molecule has 0 aliphatic rings. The number of benzene rings is 1. The predicted octanol–water partition coefficient (Wildman–Crippen LogP) is 2.88. The highest BCUT2D eigenvalue weighted by Gasteiger charge is 2.28. The molecule has 0 saturated carbocycles. The van der Waals surface area contributed by atoms with Crippen LogP contribution < -0.4 is 10.2 Å². The highest BCUT2D eigenvalue weighted by Crippen LogP contribution is 2.40. The van der Waals surface area contributed by atoms with Crippen LogP contribution in [0.2, 0.25) is 0 Å². The van der Waals surface area contributed by atoms with Crippen molar-refractivity contribution in [1.29, 1.82) is 0 Å². The summed E-state index contributed by atoms with van der Waals surface area (Å²) in [6.45, 7) is 2.48. The van der Waals surface area contributed by atoms with Crippen molar-refractivity contribution < 1.29 is 32.1 Å². The van der Waals surface area contributed by atoms with Crippen LogP contribution >= 0.6 is 67.8 Å². The second kappa shape index (κ2) is 10.7. The van der Waals surface area contributed by atoms with Crippen molar-refractivity contribution in [3.8, 4) is 0 Å². The number of anilines is 2. The van der Waals surface area contributed by atoms with E-state index in [2.05, 4.69) is 5.32 Å². The van der Waals surface area contributed by atoms with Crippen LogP contribution in [0.3, 0.4) is 0 Å². The van der Waals surface area contributed by atoms with Crippen LogP contribution in [0, 0.1) is 10.7 Å². The van der Waals surface area contributed by atoms with Gasteiger partial charge in [0.2, 0.25) is 11.8 Å². The second-order valence-corrected chi connectivity index (χ2v) is 10.4. The molecule has 2 amide bonds. The molecule has 0 saturated heterocycles. The van der Waals surface area contributed by atoms with E-state index in [4.69, 9.17) is 9.29 Å². The number of carbonyl (C=O) groups is 3. The molecule has 0 aliphatic heterocycles. The van der Waals surface area contributed by atoms with Gasteiger partial charge in [-0.1, -0.05) is 0 Å². The molecule has 0 unspecified atom stereocenters. The van der Waals surface area contributed by atoms with Gasteiger partial charge < -0.3 is 15.0 Å². The van der Waals surface area contributed by atoms with Crippen molar-refractivity contribution in [3.63, 3.8) is 0 Å². The Bertz CT molecular complexity index is 919. The number of nitrogens with zero attached hydrogens (tertiary/aromatic N) is 1. The number of hydrogen-bond acceptors (Lipinski definition) is 6. The molecule has 1 aromatic carbocycles. The monoisotopic (exact) mass is 750 g/mol. The molecule has 0 bridgehead atoms. The summed E-state index contributed by atoms with van der Waals surface area (Å²) in [6, 6.07) is 0. The first-order chi connectivity index (χ1) is 12.8. The third kappa shape index (κ3) is 6.91. The summed E-state index contributed by atoms with van der Waals surface area (Å²) in [5, 5.41) is 2.67. The summed E-state index contributed by atoms with van der Waals surface area (Å²) in [4.78, 5) is 37.5. The van der Waals surface area contributed by atoms with E-state index in [-0.39, 0.29) is 30.4 Å². The normalized spacial score (nSPS) is 11.1. The molecule has 0 atom stereocenters. The number of carbonyl (C=O) groups excluding carboxylic acids is 3. The van der Waals surface area contributed by atoms with Crippen LogP contribution in [0.4, 0.5) is 11.4 Å². The molecule has 13 heteroatoms. The molecule has 0 heterocycles. The van der Waals surface area contributed by atoms with Gasteiger partial charge in [0.15, 0.2) is 0 Å². The topological polar surface area (TPSA) is 130 Å². The van der Waals surface area contributed by atoms with Gasteiger partial charge in [0, 0.05) is 20.9 Å². The Hall–Kier alpha value is -0.270. The summed E-state index contributed by atoms with van der Waals surface area (Å²) in [6.07, 6.45) is -0.0686. The first kappa shape index (κ1) is 25.8. The minimum Gasteiger partial charge on any atom is -0.462 e. The maximum atomic E-state index is 12.6. The molecule has 0 spiro atoms. The minimum atomic E-state index is -4.14. The van der Waals surface area contributed by atoms with Gasteiger partial charge in [0.25, 0.3) is 10.1 Å². The quantitative estimate of drug-likeness (QED) is 0.190. The molecule has 1 rings (SSSR count).